The van der Waals surface area contributed by atoms with Crippen LogP contribution in [0.5, 0.6) is 5.75 Å². The van der Waals surface area contributed by atoms with Gasteiger partial charge in [0.2, 0.25) is 0 Å². The van der Waals surface area contributed by atoms with E-state index in [0.29, 0.717) is 22.7 Å². The molecule has 3 aromatic rings. The number of aliphatic hydroxyl groups is 1. The maximum atomic E-state index is 12.2. The average molecular weight is 446 g/mol. The number of carbonyl (C=O) groups is 1. The number of aliphatic hydroxyl groups excluding tert-OH is 1. The van der Waals surface area contributed by atoms with E-state index in [4.69, 9.17) is 28.3 Å². The number of aromatic hydroxyl groups is 1. The molecular formula is C24H25Cl2NO3. The molecule has 0 heterocycles. The van der Waals surface area contributed by atoms with Crippen molar-refractivity contribution in [3.63, 3.8) is 0 Å². The first-order valence-electron chi connectivity index (χ1n) is 9.58. The molecule has 0 atom stereocenters. The first kappa shape index (κ1) is 23.7. The molecule has 6 heteroatoms. The Kier molecular flexibility index (Phi) is 9.18. The van der Waals surface area contributed by atoms with Crippen LogP contribution in [0.1, 0.15) is 34.0 Å². The molecule has 158 valence electrons. The van der Waals surface area contributed by atoms with Gasteiger partial charge in [0.25, 0.3) is 5.91 Å². The number of amides is 1. The third-order valence-corrected chi connectivity index (χ3v) is 4.99. The van der Waals surface area contributed by atoms with E-state index in [1.807, 2.05) is 18.2 Å². The Bertz CT molecular complexity index is 1010. The number of hydrogen-bond acceptors (Lipinski definition) is 3. The average Bonchev–Trinajstić information content (AvgIpc) is 2.72. The summed E-state index contributed by atoms with van der Waals surface area (Å²) in [6, 6.07) is 17.8. The highest BCUT2D eigenvalue weighted by Gasteiger charge is 2.12. The van der Waals surface area contributed by atoms with E-state index in [0.717, 1.165) is 22.6 Å². The largest absolute Gasteiger partial charge is 0.508 e. The van der Waals surface area contributed by atoms with E-state index in [9.17, 15) is 9.90 Å². The van der Waals surface area contributed by atoms with E-state index in [2.05, 4.69) is 18.3 Å². The van der Waals surface area contributed by atoms with Crippen LogP contribution < -0.4 is 5.32 Å². The third-order valence-electron chi connectivity index (χ3n) is 4.45. The number of rotatable bonds is 5. The summed E-state index contributed by atoms with van der Waals surface area (Å²) in [6.45, 7) is 3.95. The molecule has 3 N–H and O–H groups in total. The molecule has 0 radical (unpaired) electrons. The maximum Gasteiger partial charge on any atom is 0.256 e. The topological polar surface area (TPSA) is 69.6 Å². The first-order valence-corrected chi connectivity index (χ1v) is 10.3. The lowest BCUT2D eigenvalue weighted by Crippen LogP contribution is -2.13. The summed E-state index contributed by atoms with van der Waals surface area (Å²) in [6.07, 6.45) is 1.57. The SMILES string of the molecule is CCc1cccc(Cl)c1.Cc1ccc(O)cc1C(=O)Nc1ccc(CCO)cc1Cl. The number of anilines is 1. The Morgan fingerprint density at radius 3 is 2.37 bits per heavy atom. The second-order valence-corrected chi connectivity index (χ2v) is 7.57. The summed E-state index contributed by atoms with van der Waals surface area (Å²) in [4.78, 5) is 12.2. The number of hydrogen-bond donors (Lipinski definition) is 3. The van der Waals surface area contributed by atoms with Crippen molar-refractivity contribution in [2.75, 3.05) is 11.9 Å². The third kappa shape index (κ3) is 7.06. The van der Waals surface area contributed by atoms with E-state index < -0.39 is 0 Å². The van der Waals surface area contributed by atoms with Gasteiger partial charge >= 0.3 is 0 Å². The van der Waals surface area contributed by atoms with Crippen LogP contribution in [-0.4, -0.2) is 22.7 Å². The van der Waals surface area contributed by atoms with Gasteiger partial charge < -0.3 is 15.5 Å². The minimum absolute atomic E-state index is 0.0372. The number of nitrogens with one attached hydrogen (secondary N) is 1. The fraction of sp³-hybridized carbons (Fsp3) is 0.208. The van der Waals surface area contributed by atoms with Crippen molar-refractivity contribution < 1.29 is 15.0 Å². The van der Waals surface area contributed by atoms with Crippen LogP contribution in [0.3, 0.4) is 0 Å². The van der Waals surface area contributed by atoms with Crippen LogP contribution in [0.25, 0.3) is 0 Å². The molecule has 0 unspecified atom stereocenters. The zero-order valence-electron chi connectivity index (χ0n) is 17.0. The van der Waals surface area contributed by atoms with Crippen LogP contribution in [0.2, 0.25) is 10.0 Å². The Morgan fingerprint density at radius 2 is 1.77 bits per heavy atom. The molecule has 3 rings (SSSR count). The van der Waals surface area contributed by atoms with Crippen LogP contribution in [-0.2, 0) is 12.8 Å². The molecule has 0 bridgehead atoms. The summed E-state index contributed by atoms with van der Waals surface area (Å²) in [5.74, 6) is -0.296. The van der Waals surface area contributed by atoms with Gasteiger partial charge in [-0.3, -0.25) is 4.79 Å². The summed E-state index contributed by atoms with van der Waals surface area (Å²) in [5.41, 5.74) is 3.84. The predicted octanol–water partition coefficient (Wildman–Crippen LogP) is 6.04. The number of carbonyl (C=O) groups excluding carboxylic acids is 1. The molecule has 0 saturated heterocycles. The molecule has 0 saturated carbocycles. The minimum atomic E-state index is -0.333. The number of aryl methyl sites for hydroxylation is 2. The van der Waals surface area contributed by atoms with Crippen molar-refractivity contribution in [2.24, 2.45) is 0 Å². The van der Waals surface area contributed by atoms with Gasteiger partial charge in [0.15, 0.2) is 0 Å². The summed E-state index contributed by atoms with van der Waals surface area (Å²) in [7, 11) is 0. The molecular weight excluding hydrogens is 421 g/mol. The molecule has 0 aromatic heterocycles. The number of halogens is 2. The Labute approximate surface area is 187 Å². The highest BCUT2D eigenvalue weighted by Crippen LogP contribution is 2.25. The summed E-state index contributed by atoms with van der Waals surface area (Å²) in [5, 5.41) is 22.3. The molecule has 4 nitrogen and oxygen atoms in total. The molecule has 3 aromatic carbocycles. The molecule has 0 fully saturated rings. The van der Waals surface area contributed by atoms with Gasteiger partial charge in [-0.1, -0.05) is 54.4 Å². The molecule has 30 heavy (non-hydrogen) atoms. The van der Waals surface area contributed by atoms with Gasteiger partial charge in [-0.15, -0.1) is 0 Å². The summed E-state index contributed by atoms with van der Waals surface area (Å²) < 4.78 is 0. The second kappa shape index (κ2) is 11.6. The molecule has 0 aliphatic carbocycles. The Morgan fingerprint density at radius 1 is 1.00 bits per heavy atom. The Hall–Kier alpha value is -2.53. The lowest BCUT2D eigenvalue weighted by molar-refractivity contribution is 0.102. The van der Waals surface area contributed by atoms with Crippen molar-refractivity contribution >= 4 is 34.8 Å². The van der Waals surface area contributed by atoms with Gasteiger partial charge in [0.05, 0.1) is 10.7 Å². The first-order chi connectivity index (χ1) is 14.3. The molecule has 0 aliphatic heterocycles. The van der Waals surface area contributed by atoms with Gasteiger partial charge in [-0.25, -0.2) is 0 Å². The summed E-state index contributed by atoms with van der Waals surface area (Å²) >= 11 is 11.8. The number of phenolic OH excluding ortho intramolecular Hbond substituents is 1. The normalized spacial score (nSPS) is 10.2. The van der Waals surface area contributed by atoms with Crippen molar-refractivity contribution in [1.82, 2.24) is 0 Å². The molecule has 1 amide bonds. The minimum Gasteiger partial charge on any atom is -0.508 e. The van der Waals surface area contributed by atoms with Gasteiger partial charge in [0, 0.05) is 17.2 Å². The fourth-order valence-corrected chi connectivity index (χ4v) is 3.21. The van der Waals surface area contributed by atoms with Crippen molar-refractivity contribution in [1.29, 1.82) is 0 Å². The van der Waals surface area contributed by atoms with E-state index in [1.54, 1.807) is 31.2 Å². The van der Waals surface area contributed by atoms with Crippen LogP contribution in [0, 0.1) is 6.92 Å². The quantitative estimate of drug-likeness (QED) is 0.447. The van der Waals surface area contributed by atoms with Crippen LogP contribution in [0.4, 0.5) is 5.69 Å². The van der Waals surface area contributed by atoms with E-state index in [1.165, 1.54) is 17.7 Å². The zero-order valence-corrected chi connectivity index (χ0v) is 18.5. The standard InChI is InChI=1S/C16H16ClNO3.C8H9Cl/c1-10-2-4-12(20)9-13(10)16(21)18-15-5-3-11(6-7-19)8-14(15)17;1-2-7-4-3-5-8(9)6-7/h2-5,8-9,19-20H,6-7H2,1H3,(H,18,21);3-6H,2H2,1H3. The van der Waals surface area contributed by atoms with E-state index in [-0.39, 0.29) is 18.3 Å². The maximum absolute atomic E-state index is 12.2. The van der Waals surface area contributed by atoms with Crippen molar-refractivity contribution in [2.45, 2.75) is 26.7 Å². The van der Waals surface area contributed by atoms with Crippen LogP contribution in [0.15, 0.2) is 60.7 Å². The predicted molar refractivity (Wildman–Crippen MR) is 124 cm³/mol. The van der Waals surface area contributed by atoms with Crippen LogP contribution >= 0.6 is 23.2 Å². The zero-order chi connectivity index (χ0) is 22.1. The van der Waals surface area contributed by atoms with E-state index >= 15 is 0 Å². The number of benzene rings is 3. The lowest BCUT2D eigenvalue weighted by Gasteiger charge is -2.10. The monoisotopic (exact) mass is 445 g/mol. The molecule has 0 spiro atoms. The van der Waals surface area contributed by atoms with Gasteiger partial charge in [-0.05, 0) is 72.9 Å². The van der Waals surface area contributed by atoms with Crippen molar-refractivity contribution in [3.8, 4) is 5.75 Å². The smallest absolute Gasteiger partial charge is 0.256 e. The lowest BCUT2D eigenvalue weighted by atomic mass is 10.1. The number of phenols is 1. The van der Waals surface area contributed by atoms with Crippen molar-refractivity contribution in [3.05, 3.63) is 93.0 Å². The Balaban J connectivity index is 0.000000297. The fourth-order valence-electron chi connectivity index (χ4n) is 2.75. The highest BCUT2D eigenvalue weighted by atomic mass is 35.5. The van der Waals surface area contributed by atoms with Gasteiger partial charge in [0.1, 0.15) is 5.75 Å². The second-order valence-electron chi connectivity index (χ2n) is 6.72. The highest BCUT2D eigenvalue weighted by molar-refractivity contribution is 6.34. The van der Waals surface area contributed by atoms with Gasteiger partial charge in [-0.2, -0.15) is 0 Å². The molecule has 0 aliphatic rings.